The number of aromatic nitrogens is 1. The molecule has 1 heterocycles. The summed E-state index contributed by atoms with van der Waals surface area (Å²) in [5, 5.41) is 7.31. The van der Waals surface area contributed by atoms with Gasteiger partial charge in [-0.3, -0.25) is 10.4 Å². The molecule has 0 saturated heterocycles. The van der Waals surface area contributed by atoms with Crippen molar-refractivity contribution >= 4 is 5.90 Å². The highest BCUT2D eigenvalue weighted by Crippen LogP contribution is 2.09. The van der Waals surface area contributed by atoms with Crippen molar-refractivity contribution in [2.24, 2.45) is 0 Å². The van der Waals surface area contributed by atoms with Gasteiger partial charge >= 0.3 is 0 Å². The van der Waals surface area contributed by atoms with E-state index in [2.05, 4.69) is 4.98 Å². The van der Waals surface area contributed by atoms with Gasteiger partial charge in [-0.2, -0.15) is 0 Å². The van der Waals surface area contributed by atoms with Gasteiger partial charge in [0, 0.05) is 12.3 Å². The van der Waals surface area contributed by atoms with Crippen molar-refractivity contribution in [3.63, 3.8) is 0 Å². The van der Waals surface area contributed by atoms with E-state index in [1.165, 1.54) is 7.11 Å². The molecular weight excluding hydrogens is 156 g/mol. The second kappa shape index (κ2) is 3.71. The maximum absolute atomic E-state index is 7.31. The van der Waals surface area contributed by atoms with Crippen LogP contribution in [0.15, 0.2) is 18.3 Å². The average molecular weight is 166 g/mol. The SMILES string of the molecule is COC(=N)c1cc(OC)ccn1. The van der Waals surface area contributed by atoms with Crippen molar-refractivity contribution in [1.82, 2.24) is 4.98 Å². The minimum atomic E-state index is 0.0360. The molecule has 0 aliphatic rings. The standard InChI is InChI=1S/C8H10N2O2/c1-11-6-3-4-10-7(5-6)8(9)12-2/h3-5,9H,1-2H3. The summed E-state index contributed by atoms with van der Waals surface area (Å²) < 4.78 is 9.66. The number of ether oxygens (including phenoxy) is 2. The summed E-state index contributed by atoms with van der Waals surface area (Å²) in [5.74, 6) is 0.704. The average Bonchev–Trinajstić information content (AvgIpc) is 2.17. The quantitative estimate of drug-likeness (QED) is 0.528. The van der Waals surface area contributed by atoms with Gasteiger partial charge in [0.1, 0.15) is 11.4 Å². The molecule has 0 aliphatic heterocycles. The number of pyridine rings is 1. The highest BCUT2D eigenvalue weighted by molar-refractivity contribution is 5.89. The zero-order valence-electron chi connectivity index (χ0n) is 7.00. The molecule has 4 nitrogen and oxygen atoms in total. The molecule has 0 saturated carbocycles. The third-order valence-corrected chi connectivity index (χ3v) is 1.40. The highest BCUT2D eigenvalue weighted by atomic mass is 16.5. The normalized spacial score (nSPS) is 9.17. The van der Waals surface area contributed by atoms with Gasteiger partial charge in [0.05, 0.1) is 14.2 Å². The number of nitrogens with zero attached hydrogens (tertiary/aromatic N) is 1. The molecule has 0 spiro atoms. The maximum atomic E-state index is 7.31. The van der Waals surface area contributed by atoms with Crippen LogP contribution in [0.2, 0.25) is 0 Å². The van der Waals surface area contributed by atoms with Crippen LogP contribution in [0.3, 0.4) is 0 Å². The van der Waals surface area contributed by atoms with Crippen molar-refractivity contribution in [2.75, 3.05) is 14.2 Å². The van der Waals surface area contributed by atoms with Crippen molar-refractivity contribution < 1.29 is 9.47 Å². The number of nitrogens with one attached hydrogen (secondary N) is 1. The molecule has 0 aromatic carbocycles. The predicted molar refractivity (Wildman–Crippen MR) is 44.6 cm³/mol. The Labute approximate surface area is 70.7 Å². The van der Waals surface area contributed by atoms with Crippen LogP contribution in [0.5, 0.6) is 5.75 Å². The van der Waals surface area contributed by atoms with E-state index in [0.29, 0.717) is 11.4 Å². The first-order valence-electron chi connectivity index (χ1n) is 3.41. The van der Waals surface area contributed by atoms with Crippen LogP contribution >= 0.6 is 0 Å². The van der Waals surface area contributed by atoms with Gasteiger partial charge < -0.3 is 9.47 Å². The lowest BCUT2D eigenvalue weighted by molar-refractivity contribution is 0.396. The largest absolute Gasteiger partial charge is 0.497 e. The fourth-order valence-corrected chi connectivity index (χ4v) is 0.767. The Morgan fingerprint density at radius 1 is 1.50 bits per heavy atom. The van der Waals surface area contributed by atoms with Crippen molar-refractivity contribution in [2.45, 2.75) is 0 Å². The number of hydrogen-bond acceptors (Lipinski definition) is 4. The monoisotopic (exact) mass is 166 g/mol. The molecule has 1 aromatic rings. The minimum absolute atomic E-state index is 0.0360. The van der Waals surface area contributed by atoms with E-state index >= 15 is 0 Å². The Kier molecular flexibility index (Phi) is 2.63. The van der Waals surface area contributed by atoms with Crippen LogP contribution in [0.1, 0.15) is 5.69 Å². The Hall–Kier alpha value is -1.58. The van der Waals surface area contributed by atoms with E-state index in [9.17, 15) is 0 Å². The zero-order valence-corrected chi connectivity index (χ0v) is 7.00. The lowest BCUT2D eigenvalue weighted by Gasteiger charge is -2.02. The highest BCUT2D eigenvalue weighted by Gasteiger charge is 2.02. The minimum Gasteiger partial charge on any atom is -0.497 e. The summed E-state index contributed by atoms with van der Waals surface area (Å²) in [7, 11) is 3.00. The molecule has 0 bridgehead atoms. The van der Waals surface area contributed by atoms with E-state index in [4.69, 9.17) is 14.9 Å². The third-order valence-electron chi connectivity index (χ3n) is 1.40. The Morgan fingerprint density at radius 3 is 2.83 bits per heavy atom. The second-order valence-electron chi connectivity index (χ2n) is 2.11. The van der Waals surface area contributed by atoms with E-state index in [-0.39, 0.29) is 5.90 Å². The van der Waals surface area contributed by atoms with Crippen molar-refractivity contribution in [3.05, 3.63) is 24.0 Å². The Bertz CT molecular complexity index is 286. The third kappa shape index (κ3) is 1.72. The van der Waals surface area contributed by atoms with Gasteiger partial charge in [0.2, 0.25) is 5.90 Å². The first kappa shape index (κ1) is 8.52. The Morgan fingerprint density at radius 2 is 2.25 bits per heavy atom. The fraction of sp³-hybridized carbons (Fsp3) is 0.250. The lowest BCUT2D eigenvalue weighted by atomic mass is 10.3. The van der Waals surface area contributed by atoms with E-state index in [1.807, 2.05) is 0 Å². The smallest absolute Gasteiger partial charge is 0.232 e. The topological polar surface area (TPSA) is 55.2 Å². The van der Waals surface area contributed by atoms with E-state index in [1.54, 1.807) is 25.4 Å². The summed E-state index contributed by atoms with van der Waals surface area (Å²) in [6.45, 7) is 0. The summed E-state index contributed by atoms with van der Waals surface area (Å²) in [4.78, 5) is 3.93. The molecule has 0 amide bonds. The van der Waals surface area contributed by atoms with Crippen LogP contribution in [-0.4, -0.2) is 25.1 Å². The van der Waals surface area contributed by atoms with Gasteiger partial charge in [-0.15, -0.1) is 0 Å². The van der Waals surface area contributed by atoms with E-state index in [0.717, 1.165) is 0 Å². The Balaban J connectivity index is 2.93. The predicted octanol–water partition coefficient (Wildman–Crippen LogP) is 1.06. The summed E-state index contributed by atoms with van der Waals surface area (Å²) in [6, 6.07) is 3.36. The summed E-state index contributed by atoms with van der Waals surface area (Å²) in [6.07, 6.45) is 1.57. The summed E-state index contributed by atoms with van der Waals surface area (Å²) >= 11 is 0. The molecule has 0 aliphatic carbocycles. The van der Waals surface area contributed by atoms with Crippen LogP contribution < -0.4 is 4.74 Å². The fourth-order valence-electron chi connectivity index (χ4n) is 0.767. The molecule has 1 rings (SSSR count). The molecule has 12 heavy (non-hydrogen) atoms. The van der Waals surface area contributed by atoms with E-state index < -0.39 is 0 Å². The number of methoxy groups -OCH3 is 2. The maximum Gasteiger partial charge on any atom is 0.232 e. The second-order valence-corrected chi connectivity index (χ2v) is 2.11. The molecule has 0 radical (unpaired) electrons. The molecular formula is C8H10N2O2. The van der Waals surface area contributed by atoms with Gasteiger partial charge in [-0.25, -0.2) is 0 Å². The molecule has 0 atom stereocenters. The van der Waals surface area contributed by atoms with Crippen LogP contribution in [-0.2, 0) is 4.74 Å². The van der Waals surface area contributed by atoms with Crippen LogP contribution in [0.4, 0.5) is 0 Å². The molecule has 0 fully saturated rings. The molecule has 1 N–H and O–H groups in total. The first-order chi connectivity index (χ1) is 5.77. The molecule has 4 heteroatoms. The van der Waals surface area contributed by atoms with Gasteiger partial charge in [-0.05, 0) is 6.07 Å². The van der Waals surface area contributed by atoms with Gasteiger partial charge in [0.15, 0.2) is 0 Å². The van der Waals surface area contributed by atoms with Gasteiger partial charge in [0.25, 0.3) is 0 Å². The summed E-state index contributed by atoms with van der Waals surface area (Å²) in [5.41, 5.74) is 0.469. The number of hydrogen-bond donors (Lipinski definition) is 1. The molecule has 0 unspecified atom stereocenters. The lowest BCUT2D eigenvalue weighted by Crippen LogP contribution is -2.03. The van der Waals surface area contributed by atoms with Crippen LogP contribution in [0.25, 0.3) is 0 Å². The zero-order chi connectivity index (χ0) is 8.97. The first-order valence-corrected chi connectivity index (χ1v) is 3.41. The van der Waals surface area contributed by atoms with Crippen LogP contribution in [0, 0.1) is 5.41 Å². The molecule has 1 aromatic heterocycles. The van der Waals surface area contributed by atoms with Crippen molar-refractivity contribution in [1.29, 1.82) is 5.41 Å². The molecule has 64 valence electrons. The van der Waals surface area contributed by atoms with Crippen molar-refractivity contribution in [3.8, 4) is 5.75 Å². The van der Waals surface area contributed by atoms with Gasteiger partial charge in [-0.1, -0.05) is 0 Å². The number of rotatable bonds is 2.